The summed E-state index contributed by atoms with van der Waals surface area (Å²) in [5, 5.41) is 7.05. The number of carbonyl (C=O) groups is 1. The molecule has 1 aliphatic heterocycles. The van der Waals surface area contributed by atoms with Crippen LogP contribution >= 0.6 is 12.4 Å². The van der Waals surface area contributed by atoms with E-state index >= 15 is 0 Å². The minimum atomic E-state index is -0.167. The van der Waals surface area contributed by atoms with Crippen molar-refractivity contribution in [1.29, 1.82) is 0 Å². The lowest BCUT2D eigenvalue weighted by Crippen LogP contribution is -2.48. The molecule has 6 heteroatoms. The maximum absolute atomic E-state index is 12.3. The highest BCUT2D eigenvalue weighted by Crippen LogP contribution is 2.26. The van der Waals surface area contributed by atoms with Crippen molar-refractivity contribution in [3.63, 3.8) is 0 Å². The number of furan rings is 1. The van der Waals surface area contributed by atoms with Gasteiger partial charge in [-0.05, 0) is 6.07 Å². The van der Waals surface area contributed by atoms with Crippen LogP contribution in [0.5, 0.6) is 0 Å². The number of para-hydroxylation sites is 1. The first kappa shape index (κ1) is 15.8. The zero-order valence-corrected chi connectivity index (χ0v) is 12.7. The standard InChI is InChI=1S/C15H18N2O3.ClH/c1-19-9-12-11-4-2-3-5-13(11)20-14(12)15(18)17-8-10-6-16-7-10;/h2-5,10,16H,6-9H2,1H3,(H,17,18);1H. The average Bonchev–Trinajstić information content (AvgIpc) is 2.77. The molecule has 1 aromatic carbocycles. The largest absolute Gasteiger partial charge is 0.451 e. The average molecular weight is 311 g/mol. The maximum Gasteiger partial charge on any atom is 0.287 e. The molecule has 0 atom stereocenters. The Balaban J connectivity index is 0.00000161. The second-order valence-electron chi connectivity index (χ2n) is 5.07. The fourth-order valence-electron chi connectivity index (χ4n) is 2.38. The summed E-state index contributed by atoms with van der Waals surface area (Å²) in [4.78, 5) is 12.3. The van der Waals surface area contributed by atoms with Crippen molar-refractivity contribution < 1.29 is 13.9 Å². The normalized spacial score (nSPS) is 14.5. The molecule has 2 aromatic rings. The van der Waals surface area contributed by atoms with Crippen LogP contribution in [0.1, 0.15) is 16.1 Å². The van der Waals surface area contributed by atoms with Gasteiger partial charge < -0.3 is 19.8 Å². The molecule has 0 aliphatic carbocycles. The summed E-state index contributed by atoms with van der Waals surface area (Å²) in [5.41, 5.74) is 1.53. The second-order valence-corrected chi connectivity index (χ2v) is 5.07. The number of hydrogen-bond donors (Lipinski definition) is 2. The molecule has 21 heavy (non-hydrogen) atoms. The molecule has 3 rings (SSSR count). The van der Waals surface area contributed by atoms with Crippen LogP contribution in [0.2, 0.25) is 0 Å². The van der Waals surface area contributed by atoms with E-state index in [4.69, 9.17) is 9.15 Å². The number of ether oxygens (including phenoxy) is 1. The van der Waals surface area contributed by atoms with E-state index in [2.05, 4.69) is 10.6 Å². The third kappa shape index (κ3) is 3.20. The number of nitrogens with one attached hydrogen (secondary N) is 2. The van der Waals surface area contributed by atoms with Gasteiger partial charge in [0.2, 0.25) is 0 Å². The number of hydrogen-bond acceptors (Lipinski definition) is 4. The van der Waals surface area contributed by atoms with Gasteiger partial charge in [-0.2, -0.15) is 0 Å². The van der Waals surface area contributed by atoms with Crippen molar-refractivity contribution in [2.75, 3.05) is 26.7 Å². The van der Waals surface area contributed by atoms with Crippen molar-refractivity contribution in [1.82, 2.24) is 10.6 Å². The molecule has 0 radical (unpaired) electrons. The highest BCUT2D eigenvalue weighted by Gasteiger charge is 2.22. The molecule has 1 fully saturated rings. The van der Waals surface area contributed by atoms with Gasteiger partial charge in [-0.25, -0.2) is 0 Å². The summed E-state index contributed by atoms with van der Waals surface area (Å²) in [6.07, 6.45) is 0. The number of amides is 1. The molecular formula is C15H19ClN2O3. The molecule has 114 valence electrons. The molecule has 0 bridgehead atoms. The number of benzene rings is 1. The fraction of sp³-hybridized carbons (Fsp3) is 0.400. The lowest BCUT2D eigenvalue weighted by atomic mass is 10.0. The van der Waals surface area contributed by atoms with E-state index in [1.807, 2.05) is 24.3 Å². The fourth-order valence-corrected chi connectivity index (χ4v) is 2.38. The van der Waals surface area contributed by atoms with Crippen LogP contribution in [0.4, 0.5) is 0 Å². The minimum absolute atomic E-state index is 0. The van der Waals surface area contributed by atoms with Gasteiger partial charge in [0, 0.05) is 43.6 Å². The van der Waals surface area contributed by atoms with E-state index in [9.17, 15) is 4.79 Å². The highest BCUT2D eigenvalue weighted by atomic mass is 35.5. The molecule has 0 spiro atoms. The molecule has 0 saturated carbocycles. The van der Waals surface area contributed by atoms with E-state index in [0.717, 1.165) is 29.6 Å². The Hall–Kier alpha value is -1.56. The minimum Gasteiger partial charge on any atom is -0.451 e. The van der Waals surface area contributed by atoms with Crippen molar-refractivity contribution in [2.24, 2.45) is 5.92 Å². The molecule has 1 aromatic heterocycles. The van der Waals surface area contributed by atoms with Gasteiger partial charge >= 0.3 is 0 Å². The van der Waals surface area contributed by atoms with Crippen molar-refractivity contribution in [2.45, 2.75) is 6.61 Å². The second kappa shape index (κ2) is 6.93. The Labute approximate surface area is 129 Å². The van der Waals surface area contributed by atoms with Crippen LogP contribution in [0, 0.1) is 5.92 Å². The Kier molecular flexibility index (Phi) is 5.22. The van der Waals surface area contributed by atoms with Gasteiger partial charge in [0.15, 0.2) is 5.76 Å². The van der Waals surface area contributed by atoms with Gasteiger partial charge in [-0.3, -0.25) is 4.79 Å². The molecule has 0 unspecified atom stereocenters. The quantitative estimate of drug-likeness (QED) is 0.886. The Morgan fingerprint density at radius 2 is 2.19 bits per heavy atom. The summed E-state index contributed by atoms with van der Waals surface area (Å²) in [5.74, 6) is 0.717. The zero-order chi connectivity index (χ0) is 13.9. The molecule has 2 heterocycles. The van der Waals surface area contributed by atoms with Gasteiger partial charge in [0.25, 0.3) is 5.91 Å². The summed E-state index contributed by atoms with van der Waals surface area (Å²) >= 11 is 0. The number of methoxy groups -OCH3 is 1. The van der Waals surface area contributed by atoms with Gasteiger partial charge in [-0.1, -0.05) is 18.2 Å². The van der Waals surface area contributed by atoms with Crippen molar-refractivity contribution >= 4 is 29.3 Å². The van der Waals surface area contributed by atoms with Crippen LogP contribution in [0.25, 0.3) is 11.0 Å². The monoisotopic (exact) mass is 310 g/mol. The van der Waals surface area contributed by atoms with Crippen LogP contribution < -0.4 is 10.6 Å². The number of carbonyl (C=O) groups excluding carboxylic acids is 1. The van der Waals surface area contributed by atoms with Gasteiger partial charge in [-0.15, -0.1) is 12.4 Å². The molecule has 5 nitrogen and oxygen atoms in total. The third-order valence-corrected chi connectivity index (χ3v) is 3.61. The molecule has 1 saturated heterocycles. The lowest BCUT2D eigenvalue weighted by Gasteiger charge is -2.26. The maximum atomic E-state index is 12.3. The van der Waals surface area contributed by atoms with E-state index in [1.54, 1.807) is 7.11 Å². The highest BCUT2D eigenvalue weighted by molar-refractivity contribution is 5.99. The topological polar surface area (TPSA) is 63.5 Å². The van der Waals surface area contributed by atoms with Crippen molar-refractivity contribution in [3.8, 4) is 0 Å². The molecular weight excluding hydrogens is 292 g/mol. The van der Waals surface area contributed by atoms with Crippen LogP contribution in [0.15, 0.2) is 28.7 Å². The first-order chi connectivity index (χ1) is 9.79. The first-order valence-corrected chi connectivity index (χ1v) is 6.78. The van der Waals surface area contributed by atoms with Gasteiger partial charge in [0.05, 0.1) is 6.61 Å². The summed E-state index contributed by atoms with van der Waals surface area (Å²) < 4.78 is 10.9. The van der Waals surface area contributed by atoms with Crippen LogP contribution in [-0.2, 0) is 11.3 Å². The predicted octanol–water partition coefficient (Wildman–Crippen LogP) is 1.95. The third-order valence-electron chi connectivity index (χ3n) is 3.61. The van der Waals surface area contributed by atoms with Gasteiger partial charge in [0.1, 0.15) is 5.58 Å². The smallest absolute Gasteiger partial charge is 0.287 e. The molecule has 2 N–H and O–H groups in total. The summed E-state index contributed by atoms with van der Waals surface area (Å²) in [7, 11) is 1.61. The van der Waals surface area contributed by atoms with Crippen LogP contribution in [0.3, 0.4) is 0 Å². The van der Waals surface area contributed by atoms with E-state index in [0.29, 0.717) is 24.8 Å². The first-order valence-electron chi connectivity index (χ1n) is 6.78. The predicted molar refractivity (Wildman–Crippen MR) is 82.9 cm³/mol. The zero-order valence-electron chi connectivity index (χ0n) is 11.8. The Bertz CT molecular complexity index is 622. The van der Waals surface area contributed by atoms with E-state index < -0.39 is 0 Å². The molecule has 1 amide bonds. The Morgan fingerprint density at radius 1 is 1.43 bits per heavy atom. The summed E-state index contributed by atoms with van der Waals surface area (Å²) in [6, 6.07) is 7.63. The lowest BCUT2D eigenvalue weighted by molar-refractivity contribution is 0.0910. The SMILES string of the molecule is COCc1c(C(=O)NCC2CNC2)oc2ccccc12.Cl. The van der Waals surface area contributed by atoms with E-state index in [1.165, 1.54) is 0 Å². The van der Waals surface area contributed by atoms with E-state index in [-0.39, 0.29) is 18.3 Å². The number of fused-ring (bicyclic) bond motifs is 1. The van der Waals surface area contributed by atoms with Crippen LogP contribution in [-0.4, -0.2) is 32.7 Å². The Morgan fingerprint density at radius 3 is 2.86 bits per heavy atom. The number of rotatable bonds is 5. The number of halogens is 1. The molecule has 1 aliphatic rings. The van der Waals surface area contributed by atoms with Crippen molar-refractivity contribution in [3.05, 3.63) is 35.6 Å². The summed E-state index contributed by atoms with van der Waals surface area (Å²) in [6.45, 7) is 2.97.